The molecule has 4 rings (SSSR count). The smallest absolute Gasteiger partial charge is 0.490 e. The predicted molar refractivity (Wildman–Crippen MR) is 140 cm³/mol. The van der Waals surface area contributed by atoms with Crippen molar-refractivity contribution >= 4 is 11.9 Å². The van der Waals surface area contributed by atoms with Crippen LogP contribution >= 0.6 is 0 Å². The second kappa shape index (κ2) is 15.2. The van der Waals surface area contributed by atoms with E-state index < -0.39 is 24.3 Å². The van der Waals surface area contributed by atoms with Gasteiger partial charge in [-0.3, -0.25) is 9.80 Å². The topological polar surface area (TPSA) is 119 Å². The molecule has 0 aliphatic carbocycles. The zero-order valence-corrected chi connectivity index (χ0v) is 22.7. The van der Waals surface area contributed by atoms with Gasteiger partial charge in [-0.1, -0.05) is 42.5 Å². The molecule has 230 valence electrons. The van der Waals surface area contributed by atoms with E-state index in [0.29, 0.717) is 0 Å². The lowest BCUT2D eigenvalue weighted by atomic mass is 10.2. The van der Waals surface area contributed by atoms with Gasteiger partial charge in [0.1, 0.15) is 11.6 Å². The molecule has 0 saturated carbocycles. The summed E-state index contributed by atoms with van der Waals surface area (Å²) in [6.45, 7) is 8.28. The highest BCUT2D eigenvalue weighted by Crippen LogP contribution is 2.20. The summed E-state index contributed by atoms with van der Waals surface area (Å²) in [4.78, 5) is 31.1. The Morgan fingerprint density at radius 3 is 1.83 bits per heavy atom. The number of nitrogens with zero attached hydrogens (tertiary/aromatic N) is 3. The minimum absolute atomic E-state index is 0.905. The first-order chi connectivity index (χ1) is 19.6. The number of ether oxygens (including phenoxy) is 1. The molecule has 1 saturated heterocycles. The third-order valence-corrected chi connectivity index (χ3v) is 5.90. The lowest BCUT2D eigenvalue weighted by Crippen LogP contribution is -2.45. The van der Waals surface area contributed by atoms with E-state index in [0.717, 1.165) is 67.8 Å². The number of H-pyrrole nitrogens is 1. The van der Waals surface area contributed by atoms with Crippen LogP contribution in [0.25, 0.3) is 11.4 Å². The predicted octanol–water partition coefficient (Wildman–Crippen LogP) is 4.98. The van der Waals surface area contributed by atoms with E-state index in [1.165, 1.54) is 5.56 Å². The number of nitrogens with one attached hydrogen (secondary N) is 1. The largest absolute Gasteiger partial charge is 0.497 e. The van der Waals surface area contributed by atoms with E-state index in [-0.39, 0.29) is 0 Å². The molecule has 0 unspecified atom stereocenters. The van der Waals surface area contributed by atoms with Crippen LogP contribution in [-0.2, 0) is 22.7 Å². The van der Waals surface area contributed by atoms with E-state index >= 15 is 0 Å². The van der Waals surface area contributed by atoms with Crippen molar-refractivity contribution in [1.82, 2.24) is 19.8 Å². The second-order valence-electron chi connectivity index (χ2n) is 9.03. The van der Waals surface area contributed by atoms with Gasteiger partial charge in [0.25, 0.3) is 0 Å². The van der Waals surface area contributed by atoms with Gasteiger partial charge >= 0.3 is 24.3 Å². The Hall–Kier alpha value is -4.11. The Morgan fingerprint density at radius 1 is 0.857 bits per heavy atom. The van der Waals surface area contributed by atoms with Crippen LogP contribution in [-0.4, -0.2) is 87.6 Å². The van der Waals surface area contributed by atoms with Crippen molar-refractivity contribution in [1.29, 1.82) is 0 Å². The SMILES string of the molecule is COc1cccc(CN2CCN(Cc3nc(-c4ccccc4)[nH]c3C)CC2)c1.O=C(O)C(F)(F)F.O=C(O)C(F)(F)F. The number of aromatic nitrogens is 2. The van der Waals surface area contributed by atoms with Crippen LogP contribution in [0.5, 0.6) is 5.75 Å². The number of benzene rings is 2. The molecule has 0 atom stereocenters. The number of piperazine rings is 1. The van der Waals surface area contributed by atoms with Gasteiger partial charge < -0.3 is 19.9 Å². The lowest BCUT2D eigenvalue weighted by Gasteiger charge is -2.34. The number of aliphatic carboxylic acids is 2. The fourth-order valence-corrected chi connectivity index (χ4v) is 3.73. The molecule has 2 heterocycles. The van der Waals surface area contributed by atoms with Crippen LogP contribution in [0.2, 0.25) is 0 Å². The van der Waals surface area contributed by atoms with Crippen LogP contribution < -0.4 is 4.74 Å². The first kappa shape index (κ1) is 34.1. The summed E-state index contributed by atoms with van der Waals surface area (Å²) < 4.78 is 68.8. The normalized spacial score (nSPS) is 14.2. The van der Waals surface area contributed by atoms with Crippen molar-refractivity contribution in [2.24, 2.45) is 0 Å². The molecule has 9 nitrogen and oxygen atoms in total. The van der Waals surface area contributed by atoms with Crippen molar-refractivity contribution in [3.63, 3.8) is 0 Å². The number of rotatable bonds is 6. The monoisotopic (exact) mass is 604 g/mol. The number of aryl methyl sites for hydroxylation is 1. The highest BCUT2D eigenvalue weighted by molar-refractivity contribution is 5.73. The minimum Gasteiger partial charge on any atom is -0.497 e. The summed E-state index contributed by atoms with van der Waals surface area (Å²) >= 11 is 0. The average Bonchev–Trinajstić information content (AvgIpc) is 3.30. The number of alkyl halides is 6. The standard InChI is InChI=1S/C23H28N4O.2C2HF3O2/c1-18-22(25-23(24-18)20-8-4-3-5-9-20)17-27-13-11-26(12-14-27)16-19-7-6-10-21(15-19)28-2;2*3-2(4,5)1(6)7/h3-10,15H,11-14,16-17H2,1-2H3,(H,24,25);2*(H,6,7). The molecule has 1 fully saturated rings. The summed E-state index contributed by atoms with van der Waals surface area (Å²) in [6.07, 6.45) is -10.2. The van der Waals surface area contributed by atoms with Crippen molar-refractivity contribution in [2.75, 3.05) is 33.3 Å². The number of carboxylic acid groups (broad SMARTS) is 2. The number of methoxy groups -OCH3 is 1. The number of halogens is 6. The summed E-state index contributed by atoms with van der Waals surface area (Å²) in [6, 6.07) is 18.7. The number of carboxylic acids is 2. The molecular weight excluding hydrogens is 574 g/mol. The van der Waals surface area contributed by atoms with Crippen molar-refractivity contribution in [3.05, 3.63) is 71.5 Å². The van der Waals surface area contributed by atoms with Gasteiger partial charge in [0.2, 0.25) is 0 Å². The number of aromatic amines is 1. The summed E-state index contributed by atoms with van der Waals surface area (Å²) in [7, 11) is 1.72. The van der Waals surface area contributed by atoms with Gasteiger partial charge in [-0.15, -0.1) is 0 Å². The van der Waals surface area contributed by atoms with Crippen LogP contribution in [0.15, 0.2) is 54.6 Å². The maximum Gasteiger partial charge on any atom is 0.490 e. The highest BCUT2D eigenvalue weighted by atomic mass is 19.4. The molecule has 15 heteroatoms. The van der Waals surface area contributed by atoms with E-state index in [9.17, 15) is 26.3 Å². The molecule has 2 aromatic carbocycles. The van der Waals surface area contributed by atoms with Gasteiger partial charge in [0, 0.05) is 50.5 Å². The van der Waals surface area contributed by atoms with Crippen molar-refractivity contribution < 1.29 is 50.9 Å². The average molecular weight is 605 g/mol. The van der Waals surface area contributed by atoms with Crippen LogP contribution in [0, 0.1) is 6.92 Å². The van der Waals surface area contributed by atoms with Gasteiger partial charge in [-0.25, -0.2) is 14.6 Å². The quantitative estimate of drug-likeness (QED) is 0.338. The fraction of sp³-hybridized carbons (Fsp3) is 0.370. The van der Waals surface area contributed by atoms with Gasteiger partial charge in [0.15, 0.2) is 0 Å². The molecule has 0 radical (unpaired) electrons. The fourth-order valence-electron chi connectivity index (χ4n) is 3.73. The molecule has 0 amide bonds. The second-order valence-corrected chi connectivity index (χ2v) is 9.03. The Balaban J connectivity index is 0.000000367. The van der Waals surface area contributed by atoms with Crippen LogP contribution in [0.3, 0.4) is 0 Å². The first-order valence-electron chi connectivity index (χ1n) is 12.4. The summed E-state index contributed by atoms with van der Waals surface area (Å²) in [5, 5.41) is 14.2. The summed E-state index contributed by atoms with van der Waals surface area (Å²) in [5.74, 6) is -3.62. The van der Waals surface area contributed by atoms with Crippen LogP contribution in [0.4, 0.5) is 26.3 Å². The molecular formula is C27H30F6N4O5. The minimum atomic E-state index is -5.08. The van der Waals surface area contributed by atoms with Gasteiger partial charge in [-0.05, 0) is 24.6 Å². The zero-order chi connectivity index (χ0) is 31.5. The first-order valence-corrected chi connectivity index (χ1v) is 12.4. The number of hydrogen-bond acceptors (Lipinski definition) is 6. The molecule has 0 spiro atoms. The molecule has 3 N–H and O–H groups in total. The van der Waals surface area contributed by atoms with E-state index in [1.54, 1.807) is 7.11 Å². The Morgan fingerprint density at radius 2 is 1.36 bits per heavy atom. The van der Waals surface area contributed by atoms with Crippen molar-refractivity contribution in [3.8, 4) is 17.1 Å². The molecule has 1 aliphatic rings. The summed E-state index contributed by atoms with van der Waals surface area (Å²) in [5.41, 5.74) is 4.76. The van der Waals surface area contributed by atoms with E-state index in [2.05, 4.69) is 64.2 Å². The highest BCUT2D eigenvalue weighted by Gasteiger charge is 2.38. The number of hydrogen-bond donors (Lipinski definition) is 3. The van der Waals surface area contributed by atoms with Gasteiger partial charge in [0.05, 0.1) is 12.8 Å². The molecule has 1 aliphatic heterocycles. The third kappa shape index (κ3) is 11.4. The van der Waals surface area contributed by atoms with Crippen LogP contribution in [0.1, 0.15) is 17.0 Å². The van der Waals surface area contributed by atoms with Gasteiger partial charge in [-0.2, -0.15) is 26.3 Å². The third-order valence-electron chi connectivity index (χ3n) is 5.90. The zero-order valence-electron chi connectivity index (χ0n) is 22.7. The molecule has 42 heavy (non-hydrogen) atoms. The molecule has 3 aromatic rings. The number of imidazole rings is 1. The maximum atomic E-state index is 10.6. The maximum absolute atomic E-state index is 10.6. The van der Waals surface area contributed by atoms with Crippen molar-refractivity contribution in [2.45, 2.75) is 32.4 Å². The number of carbonyl (C=O) groups is 2. The Kier molecular flexibility index (Phi) is 12.3. The lowest BCUT2D eigenvalue weighted by molar-refractivity contribution is -0.193. The van der Waals surface area contributed by atoms with E-state index in [1.807, 2.05) is 12.1 Å². The molecule has 1 aromatic heterocycles. The molecule has 0 bridgehead atoms. The Labute approximate surface area is 237 Å². The Bertz CT molecular complexity index is 1270. The van der Waals surface area contributed by atoms with E-state index in [4.69, 9.17) is 29.5 Å².